The van der Waals surface area contributed by atoms with E-state index in [1.165, 1.54) is 30.4 Å². The fourth-order valence-corrected chi connectivity index (χ4v) is 3.62. The van der Waals surface area contributed by atoms with Crippen LogP contribution in [0.25, 0.3) is 11.5 Å². The zero-order valence-electron chi connectivity index (χ0n) is 16.0. The Morgan fingerprint density at radius 2 is 1.78 bits per heavy atom. The summed E-state index contributed by atoms with van der Waals surface area (Å²) < 4.78 is 17.2. The Morgan fingerprint density at radius 3 is 2.56 bits per heavy atom. The molecule has 0 aliphatic heterocycles. The van der Waals surface area contributed by atoms with Gasteiger partial charge >= 0.3 is 0 Å². The number of rotatable bonds is 7. The Labute approximate surface area is 160 Å². The topological polar surface area (TPSA) is 44.5 Å². The standard InChI is InChI=1S/C23H25NO3/c1-3-22-21(24-23(27-22)17-8-10-19(25-2)11-9-17)13-14-26-20-12-7-16-5-4-6-18(16)15-20/h7-12,15H,3-6,13-14H2,1-2H3. The lowest BCUT2D eigenvalue weighted by atomic mass is 10.1. The van der Waals surface area contributed by atoms with E-state index < -0.39 is 0 Å². The molecule has 0 atom stereocenters. The van der Waals surface area contributed by atoms with Crippen LogP contribution in [0.3, 0.4) is 0 Å². The molecule has 2 aromatic carbocycles. The van der Waals surface area contributed by atoms with Crippen molar-refractivity contribution >= 4 is 0 Å². The molecule has 0 amide bonds. The second-order valence-corrected chi connectivity index (χ2v) is 6.85. The lowest BCUT2D eigenvalue weighted by molar-refractivity contribution is 0.319. The number of ether oxygens (including phenoxy) is 2. The van der Waals surface area contributed by atoms with Gasteiger partial charge in [-0.15, -0.1) is 0 Å². The molecule has 140 valence electrons. The van der Waals surface area contributed by atoms with Gasteiger partial charge in [0, 0.05) is 18.4 Å². The van der Waals surface area contributed by atoms with E-state index in [-0.39, 0.29) is 0 Å². The van der Waals surface area contributed by atoms with Crippen molar-refractivity contribution in [3.8, 4) is 23.0 Å². The normalized spacial score (nSPS) is 12.8. The molecule has 0 radical (unpaired) electrons. The SMILES string of the molecule is CCc1oc(-c2ccc(OC)cc2)nc1CCOc1ccc2c(c1)CCC2. The third kappa shape index (κ3) is 3.85. The van der Waals surface area contributed by atoms with Crippen LogP contribution >= 0.6 is 0 Å². The van der Waals surface area contributed by atoms with Crippen molar-refractivity contribution < 1.29 is 13.9 Å². The third-order valence-corrected chi connectivity index (χ3v) is 5.11. The predicted molar refractivity (Wildman–Crippen MR) is 106 cm³/mol. The maximum absolute atomic E-state index is 5.98. The molecule has 4 rings (SSSR count). The summed E-state index contributed by atoms with van der Waals surface area (Å²) in [6.07, 6.45) is 5.17. The molecule has 0 spiro atoms. The molecule has 1 aliphatic carbocycles. The van der Waals surface area contributed by atoms with Gasteiger partial charge in [0.05, 0.1) is 19.4 Å². The first kappa shape index (κ1) is 17.7. The molecule has 0 saturated heterocycles. The molecule has 1 heterocycles. The monoisotopic (exact) mass is 363 g/mol. The molecule has 0 fully saturated rings. The van der Waals surface area contributed by atoms with Gasteiger partial charge in [-0.05, 0) is 66.8 Å². The second kappa shape index (κ2) is 7.87. The van der Waals surface area contributed by atoms with Gasteiger partial charge in [0.2, 0.25) is 5.89 Å². The average molecular weight is 363 g/mol. The van der Waals surface area contributed by atoms with Gasteiger partial charge in [0.1, 0.15) is 17.3 Å². The van der Waals surface area contributed by atoms with Crippen LogP contribution in [0, 0.1) is 0 Å². The van der Waals surface area contributed by atoms with Gasteiger partial charge in [-0.2, -0.15) is 0 Å². The second-order valence-electron chi connectivity index (χ2n) is 6.85. The first-order valence-electron chi connectivity index (χ1n) is 9.64. The molecular weight excluding hydrogens is 338 g/mol. The van der Waals surface area contributed by atoms with Crippen LogP contribution in [0.4, 0.5) is 0 Å². The van der Waals surface area contributed by atoms with Crippen LogP contribution in [0.2, 0.25) is 0 Å². The Morgan fingerprint density at radius 1 is 1.00 bits per heavy atom. The molecule has 27 heavy (non-hydrogen) atoms. The average Bonchev–Trinajstić information content (AvgIpc) is 3.34. The van der Waals surface area contributed by atoms with Gasteiger partial charge in [0.15, 0.2) is 0 Å². The minimum absolute atomic E-state index is 0.598. The summed E-state index contributed by atoms with van der Waals surface area (Å²) in [5, 5.41) is 0. The van der Waals surface area contributed by atoms with Crippen LogP contribution in [0.15, 0.2) is 46.9 Å². The highest BCUT2D eigenvalue weighted by atomic mass is 16.5. The van der Waals surface area contributed by atoms with E-state index >= 15 is 0 Å². The summed E-state index contributed by atoms with van der Waals surface area (Å²) in [4.78, 5) is 4.71. The summed E-state index contributed by atoms with van der Waals surface area (Å²) >= 11 is 0. The lowest BCUT2D eigenvalue weighted by Gasteiger charge is -2.07. The minimum atomic E-state index is 0.598. The van der Waals surface area contributed by atoms with Gasteiger partial charge < -0.3 is 13.9 Å². The van der Waals surface area contributed by atoms with Gasteiger partial charge in [0.25, 0.3) is 0 Å². The van der Waals surface area contributed by atoms with Crippen molar-refractivity contribution in [1.82, 2.24) is 4.98 Å². The summed E-state index contributed by atoms with van der Waals surface area (Å²) in [6.45, 7) is 2.68. The number of hydrogen-bond acceptors (Lipinski definition) is 4. The molecule has 0 saturated carbocycles. The summed E-state index contributed by atoms with van der Waals surface area (Å²) in [6, 6.07) is 14.2. The highest BCUT2D eigenvalue weighted by Gasteiger charge is 2.14. The maximum atomic E-state index is 5.98. The molecule has 0 N–H and O–H groups in total. The molecule has 0 bridgehead atoms. The van der Waals surface area contributed by atoms with E-state index in [1.54, 1.807) is 7.11 Å². The number of benzene rings is 2. The fourth-order valence-electron chi connectivity index (χ4n) is 3.62. The number of hydrogen-bond donors (Lipinski definition) is 0. The van der Waals surface area contributed by atoms with Crippen LogP contribution in [0.5, 0.6) is 11.5 Å². The van der Waals surface area contributed by atoms with E-state index in [9.17, 15) is 0 Å². The number of aromatic nitrogens is 1. The van der Waals surface area contributed by atoms with Crippen molar-refractivity contribution in [1.29, 1.82) is 0 Å². The number of aryl methyl sites for hydroxylation is 3. The van der Waals surface area contributed by atoms with E-state index in [2.05, 4.69) is 25.1 Å². The summed E-state index contributed by atoms with van der Waals surface area (Å²) in [5.41, 5.74) is 4.84. The van der Waals surface area contributed by atoms with Gasteiger partial charge in [-0.1, -0.05) is 13.0 Å². The molecule has 1 aliphatic rings. The number of nitrogens with zero attached hydrogens (tertiary/aromatic N) is 1. The van der Waals surface area contributed by atoms with Gasteiger partial charge in [-0.25, -0.2) is 4.98 Å². The summed E-state index contributed by atoms with van der Waals surface area (Å²) in [5.74, 6) is 3.36. The first-order chi connectivity index (χ1) is 13.3. The maximum Gasteiger partial charge on any atom is 0.226 e. The molecule has 3 aromatic rings. The smallest absolute Gasteiger partial charge is 0.226 e. The number of oxazole rings is 1. The minimum Gasteiger partial charge on any atom is -0.497 e. The van der Waals surface area contributed by atoms with Crippen LogP contribution < -0.4 is 9.47 Å². The van der Waals surface area contributed by atoms with E-state index in [0.29, 0.717) is 12.5 Å². The number of fused-ring (bicyclic) bond motifs is 1. The molecule has 4 heteroatoms. The van der Waals surface area contributed by atoms with E-state index in [0.717, 1.165) is 41.4 Å². The zero-order chi connectivity index (χ0) is 18.6. The van der Waals surface area contributed by atoms with Crippen LogP contribution in [-0.2, 0) is 25.7 Å². The Kier molecular flexibility index (Phi) is 5.14. The van der Waals surface area contributed by atoms with Crippen molar-refractivity contribution in [2.24, 2.45) is 0 Å². The highest BCUT2D eigenvalue weighted by Crippen LogP contribution is 2.27. The van der Waals surface area contributed by atoms with Crippen LogP contribution in [-0.4, -0.2) is 18.7 Å². The third-order valence-electron chi connectivity index (χ3n) is 5.11. The highest BCUT2D eigenvalue weighted by molar-refractivity contribution is 5.55. The summed E-state index contributed by atoms with van der Waals surface area (Å²) in [7, 11) is 1.66. The van der Waals surface area contributed by atoms with Gasteiger partial charge in [-0.3, -0.25) is 0 Å². The fraction of sp³-hybridized carbons (Fsp3) is 0.348. The zero-order valence-corrected chi connectivity index (χ0v) is 16.0. The Hall–Kier alpha value is -2.75. The molecule has 1 aromatic heterocycles. The van der Waals surface area contributed by atoms with Crippen LogP contribution in [0.1, 0.15) is 35.9 Å². The Bertz CT molecular complexity index is 912. The largest absolute Gasteiger partial charge is 0.497 e. The van der Waals surface area contributed by atoms with Crippen molar-refractivity contribution in [2.75, 3.05) is 13.7 Å². The predicted octanol–water partition coefficient (Wildman–Crippen LogP) is 5.02. The molecular formula is C23H25NO3. The van der Waals surface area contributed by atoms with Crippen molar-refractivity contribution in [2.45, 2.75) is 39.0 Å². The lowest BCUT2D eigenvalue weighted by Crippen LogP contribution is -2.04. The van der Waals surface area contributed by atoms with Crippen molar-refractivity contribution in [3.63, 3.8) is 0 Å². The van der Waals surface area contributed by atoms with Crippen molar-refractivity contribution in [3.05, 3.63) is 65.0 Å². The quantitative estimate of drug-likeness (QED) is 0.591. The molecule has 4 nitrogen and oxygen atoms in total. The Balaban J connectivity index is 1.43. The van der Waals surface area contributed by atoms with E-state index in [1.807, 2.05) is 24.3 Å². The van der Waals surface area contributed by atoms with E-state index in [4.69, 9.17) is 18.9 Å². The first-order valence-corrected chi connectivity index (χ1v) is 9.64. The molecule has 0 unspecified atom stereocenters. The number of methoxy groups -OCH3 is 1.